The number of anilines is 1. The first kappa shape index (κ1) is 15.6. The van der Waals surface area contributed by atoms with E-state index >= 15 is 0 Å². The molecule has 1 saturated carbocycles. The topological polar surface area (TPSA) is 72.2 Å². The quantitative estimate of drug-likeness (QED) is 0.818. The molecule has 2 atom stereocenters. The largest absolute Gasteiger partial charge is 0.396 e. The van der Waals surface area contributed by atoms with E-state index in [4.69, 9.17) is 5.73 Å². The minimum atomic E-state index is -3.63. The summed E-state index contributed by atoms with van der Waals surface area (Å²) in [6.45, 7) is 2.10. The van der Waals surface area contributed by atoms with Gasteiger partial charge in [-0.25, -0.2) is 17.5 Å². The second-order valence-corrected chi connectivity index (χ2v) is 8.18. The van der Waals surface area contributed by atoms with Crippen molar-refractivity contribution in [1.29, 1.82) is 0 Å². The number of nitrogens with one attached hydrogen (secondary N) is 1. The van der Waals surface area contributed by atoms with E-state index in [0.717, 1.165) is 37.1 Å². The predicted octanol–water partition coefficient (Wildman–Crippen LogP) is 2.36. The highest BCUT2D eigenvalue weighted by atomic mass is 32.2. The predicted molar refractivity (Wildman–Crippen MR) is 80.7 cm³/mol. The van der Waals surface area contributed by atoms with Gasteiger partial charge in [-0.05, 0) is 43.2 Å². The van der Waals surface area contributed by atoms with Crippen LogP contribution >= 0.6 is 11.8 Å². The van der Waals surface area contributed by atoms with Crippen molar-refractivity contribution < 1.29 is 12.8 Å². The van der Waals surface area contributed by atoms with Crippen LogP contribution in [-0.4, -0.2) is 25.5 Å². The van der Waals surface area contributed by atoms with Gasteiger partial charge in [0.2, 0.25) is 10.0 Å². The van der Waals surface area contributed by atoms with Gasteiger partial charge in [-0.2, -0.15) is 11.8 Å². The lowest BCUT2D eigenvalue weighted by molar-refractivity contribution is 0.552. The summed E-state index contributed by atoms with van der Waals surface area (Å²) in [6.07, 6.45) is 2.71. The summed E-state index contributed by atoms with van der Waals surface area (Å²) in [4.78, 5) is 0.0167. The summed E-state index contributed by atoms with van der Waals surface area (Å²) in [5.41, 5.74) is 5.26. The van der Waals surface area contributed by atoms with Gasteiger partial charge < -0.3 is 5.73 Å². The maximum Gasteiger partial charge on any atom is 0.240 e. The average molecular weight is 318 g/mol. The smallest absolute Gasteiger partial charge is 0.240 e. The standard InChI is InChI=1S/C13H19FN2O2S2/c1-2-19-10-4-3-9(7-10)16-20(17,18)11-5-6-12(14)13(15)8-11/h5-6,8-10,16H,2-4,7,15H2,1H3. The third-order valence-corrected chi connectivity index (χ3v) is 6.14. The van der Waals surface area contributed by atoms with Crippen LogP contribution in [0.5, 0.6) is 0 Å². The number of benzene rings is 1. The second-order valence-electron chi connectivity index (χ2n) is 4.89. The highest BCUT2D eigenvalue weighted by Gasteiger charge is 2.28. The Morgan fingerprint density at radius 3 is 2.85 bits per heavy atom. The van der Waals surface area contributed by atoms with Gasteiger partial charge in [0, 0.05) is 11.3 Å². The van der Waals surface area contributed by atoms with Gasteiger partial charge >= 0.3 is 0 Å². The number of nitrogen functional groups attached to an aromatic ring is 1. The lowest BCUT2D eigenvalue weighted by Gasteiger charge is -2.14. The van der Waals surface area contributed by atoms with Crippen LogP contribution in [-0.2, 0) is 10.0 Å². The Hall–Kier alpha value is -0.790. The maximum absolute atomic E-state index is 13.1. The van der Waals surface area contributed by atoms with Crippen LogP contribution in [0.15, 0.2) is 23.1 Å². The minimum absolute atomic E-state index is 0.0167. The SMILES string of the molecule is CCSC1CCC(NS(=O)(=O)c2ccc(F)c(N)c2)C1. The molecule has 2 unspecified atom stereocenters. The molecule has 7 heteroatoms. The van der Waals surface area contributed by atoms with E-state index in [9.17, 15) is 12.8 Å². The van der Waals surface area contributed by atoms with Crippen LogP contribution in [0.4, 0.5) is 10.1 Å². The number of thioether (sulfide) groups is 1. The maximum atomic E-state index is 13.1. The molecule has 1 fully saturated rings. The molecule has 0 aliphatic heterocycles. The lowest BCUT2D eigenvalue weighted by Crippen LogP contribution is -2.33. The summed E-state index contributed by atoms with van der Waals surface area (Å²) in [5.74, 6) is 0.433. The number of hydrogen-bond donors (Lipinski definition) is 2. The molecule has 0 aromatic heterocycles. The van der Waals surface area contributed by atoms with Crippen molar-refractivity contribution >= 4 is 27.5 Å². The van der Waals surface area contributed by atoms with Crippen molar-refractivity contribution in [3.63, 3.8) is 0 Å². The molecule has 1 aromatic rings. The summed E-state index contributed by atoms with van der Waals surface area (Å²) in [5, 5.41) is 0.519. The molecule has 2 rings (SSSR count). The first-order valence-electron chi connectivity index (χ1n) is 6.61. The average Bonchev–Trinajstić information content (AvgIpc) is 2.79. The van der Waals surface area contributed by atoms with E-state index < -0.39 is 15.8 Å². The normalized spacial score (nSPS) is 23.1. The van der Waals surface area contributed by atoms with Gasteiger partial charge in [-0.3, -0.25) is 0 Å². The van der Waals surface area contributed by atoms with Crippen LogP contribution in [0.25, 0.3) is 0 Å². The molecular weight excluding hydrogens is 299 g/mol. The van der Waals surface area contributed by atoms with Gasteiger partial charge in [0.05, 0.1) is 10.6 Å². The van der Waals surface area contributed by atoms with Gasteiger partial charge in [0.25, 0.3) is 0 Å². The fraction of sp³-hybridized carbons (Fsp3) is 0.538. The van der Waals surface area contributed by atoms with E-state index in [1.54, 1.807) is 0 Å². The fourth-order valence-corrected chi connectivity index (χ4v) is 4.87. The Morgan fingerprint density at radius 1 is 1.45 bits per heavy atom. The van der Waals surface area contributed by atoms with Crippen molar-refractivity contribution in [1.82, 2.24) is 4.72 Å². The zero-order valence-corrected chi connectivity index (χ0v) is 12.9. The van der Waals surface area contributed by atoms with E-state index in [2.05, 4.69) is 11.6 Å². The van der Waals surface area contributed by atoms with Crippen LogP contribution in [0.2, 0.25) is 0 Å². The van der Waals surface area contributed by atoms with Gasteiger partial charge in [-0.15, -0.1) is 0 Å². The summed E-state index contributed by atoms with van der Waals surface area (Å²) < 4.78 is 40.2. The summed E-state index contributed by atoms with van der Waals surface area (Å²) in [7, 11) is -3.63. The third-order valence-electron chi connectivity index (χ3n) is 3.39. The fourth-order valence-electron chi connectivity index (χ4n) is 2.41. The second kappa shape index (κ2) is 6.32. The molecule has 3 N–H and O–H groups in total. The molecule has 1 aromatic carbocycles. The molecule has 0 amide bonds. The molecule has 20 heavy (non-hydrogen) atoms. The van der Waals surface area contributed by atoms with Crippen molar-refractivity contribution in [3.8, 4) is 0 Å². The van der Waals surface area contributed by atoms with Crippen molar-refractivity contribution in [2.24, 2.45) is 0 Å². The summed E-state index contributed by atoms with van der Waals surface area (Å²) in [6, 6.07) is 3.43. The van der Waals surface area contributed by atoms with Crippen molar-refractivity contribution in [2.75, 3.05) is 11.5 Å². The van der Waals surface area contributed by atoms with E-state index in [0.29, 0.717) is 5.25 Å². The molecule has 112 valence electrons. The number of hydrogen-bond acceptors (Lipinski definition) is 4. The van der Waals surface area contributed by atoms with E-state index in [1.807, 2.05) is 11.8 Å². The molecule has 4 nitrogen and oxygen atoms in total. The van der Waals surface area contributed by atoms with Gasteiger partial charge in [0.1, 0.15) is 5.82 Å². The number of halogens is 1. The molecule has 1 aliphatic rings. The van der Waals surface area contributed by atoms with Crippen LogP contribution in [0, 0.1) is 5.82 Å². The zero-order chi connectivity index (χ0) is 14.8. The first-order chi connectivity index (χ1) is 9.42. The Bertz CT molecular complexity index is 578. The molecule has 0 spiro atoms. The van der Waals surface area contributed by atoms with Crippen molar-refractivity contribution in [2.45, 2.75) is 42.4 Å². The van der Waals surface area contributed by atoms with Gasteiger partial charge in [-0.1, -0.05) is 6.92 Å². The molecule has 1 aliphatic carbocycles. The number of rotatable bonds is 5. The highest BCUT2D eigenvalue weighted by Crippen LogP contribution is 2.30. The Morgan fingerprint density at radius 2 is 2.20 bits per heavy atom. The third kappa shape index (κ3) is 3.65. The molecular formula is C13H19FN2O2S2. The Kier molecular flexibility index (Phi) is 4.93. The molecule has 0 heterocycles. The first-order valence-corrected chi connectivity index (χ1v) is 9.14. The molecule has 0 saturated heterocycles. The Labute approximate surface area is 123 Å². The Balaban J connectivity index is 2.06. The van der Waals surface area contributed by atoms with Gasteiger partial charge in [0.15, 0.2) is 0 Å². The van der Waals surface area contributed by atoms with Crippen LogP contribution < -0.4 is 10.5 Å². The number of nitrogens with two attached hydrogens (primary N) is 1. The van der Waals surface area contributed by atoms with Crippen LogP contribution in [0.3, 0.4) is 0 Å². The molecule has 0 bridgehead atoms. The van der Waals surface area contributed by atoms with Crippen molar-refractivity contribution in [3.05, 3.63) is 24.0 Å². The van der Waals surface area contributed by atoms with E-state index in [1.165, 1.54) is 6.07 Å². The lowest BCUT2D eigenvalue weighted by atomic mass is 10.3. The van der Waals surface area contributed by atoms with Crippen LogP contribution in [0.1, 0.15) is 26.2 Å². The number of sulfonamides is 1. The highest BCUT2D eigenvalue weighted by molar-refractivity contribution is 7.99. The zero-order valence-electron chi connectivity index (χ0n) is 11.3. The minimum Gasteiger partial charge on any atom is -0.396 e. The van der Waals surface area contributed by atoms with E-state index in [-0.39, 0.29) is 16.6 Å². The monoisotopic (exact) mass is 318 g/mol. The summed E-state index contributed by atoms with van der Waals surface area (Å²) >= 11 is 1.86. The molecule has 0 radical (unpaired) electrons.